The van der Waals surface area contributed by atoms with Crippen LogP contribution in [0.2, 0.25) is 4.34 Å². The van der Waals surface area contributed by atoms with Gasteiger partial charge in [-0.1, -0.05) is 24.4 Å². The summed E-state index contributed by atoms with van der Waals surface area (Å²) in [5, 5.41) is 0. The van der Waals surface area contributed by atoms with Gasteiger partial charge in [-0.05, 0) is 37.4 Å². The third-order valence-corrected chi connectivity index (χ3v) is 6.54. The van der Waals surface area contributed by atoms with Crippen LogP contribution in [0.1, 0.15) is 25.7 Å². The van der Waals surface area contributed by atoms with E-state index in [0.717, 1.165) is 37.0 Å². The van der Waals surface area contributed by atoms with E-state index >= 15 is 0 Å². The molecule has 0 bridgehead atoms. The zero-order valence-electron chi connectivity index (χ0n) is 10.3. The number of nitrogens with two attached hydrogens (primary N) is 1. The van der Waals surface area contributed by atoms with Crippen molar-refractivity contribution in [1.82, 2.24) is 4.72 Å². The molecule has 1 aromatic rings. The minimum absolute atomic E-state index is 0. The minimum Gasteiger partial charge on any atom is -0.330 e. The highest BCUT2D eigenvalue weighted by Gasteiger charge is 2.29. The predicted octanol–water partition coefficient (Wildman–Crippen LogP) is 2.62. The maximum atomic E-state index is 12.2. The monoisotopic (exact) mass is 344 g/mol. The number of thiophene rings is 1. The van der Waals surface area contributed by atoms with Gasteiger partial charge in [0.2, 0.25) is 10.0 Å². The highest BCUT2D eigenvalue weighted by atomic mass is 35.5. The fraction of sp³-hybridized carbons (Fsp3) is 0.636. The summed E-state index contributed by atoms with van der Waals surface area (Å²) < 4.78 is 27.9. The van der Waals surface area contributed by atoms with Gasteiger partial charge in [-0.2, -0.15) is 0 Å². The Kier molecular flexibility index (Phi) is 6.56. The van der Waals surface area contributed by atoms with Crippen molar-refractivity contribution < 1.29 is 8.42 Å². The number of nitrogens with one attached hydrogen (secondary N) is 1. The summed E-state index contributed by atoms with van der Waals surface area (Å²) in [7, 11) is -3.45. The van der Waals surface area contributed by atoms with E-state index in [1.807, 2.05) is 0 Å². The Labute approximate surface area is 129 Å². The Morgan fingerprint density at radius 3 is 2.63 bits per heavy atom. The Hall–Kier alpha value is 0.150. The Morgan fingerprint density at radius 2 is 2.05 bits per heavy atom. The van der Waals surface area contributed by atoms with Gasteiger partial charge in [-0.25, -0.2) is 13.1 Å². The Bertz CT molecular complexity index is 505. The molecule has 2 rings (SSSR count). The Morgan fingerprint density at radius 1 is 1.37 bits per heavy atom. The zero-order valence-corrected chi connectivity index (χ0v) is 13.5. The average molecular weight is 345 g/mol. The molecular formula is C11H18Cl2N2O2S2. The fourth-order valence-electron chi connectivity index (χ4n) is 2.34. The van der Waals surface area contributed by atoms with E-state index in [-0.39, 0.29) is 28.6 Å². The van der Waals surface area contributed by atoms with E-state index in [2.05, 4.69) is 4.72 Å². The van der Waals surface area contributed by atoms with Crippen LogP contribution < -0.4 is 10.5 Å². The standard InChI is InChI=1S/C11H17ClN2O2S2.ClH/c12-10-5-6-11(17-10)18(15,16)14-9-4-2-1-3-8(9)7-13;/h5-6,8-9,14H,1-4,7,13H2;1H. The molecule has 3 N–H and O–H groups in total. The number of hydrogen-bond donors (Lipinski definition) is 2. The summed E-state index contributed by atoms with van der Waals surface area (Å²) in [5.41, 5.74) is 5.70. The maximum absolute atomic E-state index is 12.2. The highest BCUT2D eigenvalue weighted by molar-refractivity contribution is 7.91. The van der Waals surface area contributed by atoms with Crippen LogP contribution in [0.15, 0.2) is 16.3 Å². The first kappa shape index (κ1) is 17.2. The smallest absolute Gasteiger partial charge is 0.250 e. The molecule has 0 aliphatic heterocycles. The van der Waals surface area contributed by atoms with Crippen molar-refractivity contribution in [3.05, 3.63) is 16.5 Å². The molecule has 0 aromatic carbocycles. The molecule has 0 spiro atoms. The number of hydrogen-bond acceptors (Lipinski definition) is 4. The van der Waals surface area contributed by atoms with Crippen LogP contribution in [0, 0.1) is 5.92 Å². The molecule has 110 valence electrons. The van der Waals surface area contributed by atoms with Gasteiger partial charge in [-0.3, -0.25) is 0 Å². The molecule has 2 atom stereocenters. The first-order valence-electron chi connectivity index (χ1n) is 6.00. The fourth-order valence-corrected chi connectivity index (χ4v) is 5.18. The second-order valence-electron chi connectivity index (χ2n) is 4.57. The molecule has 1 saturated carbocycles. The van der Waals surface area contributed by atoms with Crippen molar-refractivity contribution in [3.8, 4) is 0 Å². The summed E-state index contributed by atoms with van der Waals surface area (Å²) in [6.07, 6.45) is 4.04. The van der Waals surface area contributed by atoms with Crippen molar-refractivity contribution in [2.45, 2.75) is 35.9 Å². The lowest BCUT2D eigenvalue weighted by atomic mass is 9.85. The van der Waals surface area contributed by atoms with Crippen LogP contribution in [-0.2, 0) is 10.0 Å². The molecule has 4 nitrogen and oxygen atoms in total. The lowest BCUT2D eigenvalue weighted by molar-refractivity contribution is 0.296. The van der Waals surface area contributed by atoms with Gasteiger partial charge in [0.25, 0.3) is 0 Å². The van der Waals surface area contributed by atoms with Gasteiger partial charge in [0.05, 0.1) is 4.34 Å². The van der Waals surface area contributed by atoms with Crippen molar-refractivity contribution in [1.29, 1.82) is 0 Å². The molecule has 0 radical (unpaired) electrons. The molecule has 0 saturated heterocycles. The highest BCUT2D eigenvalue weighted by Crippen LogP contribution is 2.28. The molecule has 2 unspecified atom stereocenters. The summed E-state index contributed by atoms with van der Waals surface area (Å²) >= 11 is 6.85. The topological polar surface area (TPSA) is 72.2 Å². The van der Waals surface area contributed by atoms with E-state index in [1.165, 1.54) is 6.07 Å². The van der Waals surface area contributed by atoms with Crippen LogP contribution in [0.5, 0.6) is 0 Å². The SMILES string of the molecule is Cl.NCC1CCCCC1NS(=O)(=O)c1ccc(Cl)s1. The molecule has 1 aliphatic rings. The summed E-state index contributed by atoms with van der Waals surface area (Å²) in [5.74, 6) is 0.240. The molecule has 1 heterocycles. The first-order valence-corrected chi connectivity index (χ1v) is 8.68. The Balaban J connectivity index is 0.00000180. The van der Waals surface area contributed by atoms with Crippen LogP contribution in [0.3, 0.4) is 0 Å². The largest absolute Gasteiger partial charge is 0.330 e. The lowest BCUT2D eigenvalue weighted by Crippen LogP contribution is -2.44. The van der Waals surface area contributed by atoms with Gasteiger partial charge >= 0.3 is 0 Å². The lowest BCUT2D eigenvalue weighted by Gasteiger charge is -2.30. The molecular weight excluding hydrogens is 327 g/mol. The number of halogens is 2. The number of sulfonamides is 1. The van der Waals surface area contributed by atoms with Crippen molar-refractivity contribution in [2.75, 3.05) is 6.54 Å². The average Bonchev–Trinajstić information content (AvgIpc) is 2.77. The summed E-state index contributed by atoms with van der Waals surface area (Å²) in [6, 6.07) is 3.09. The quantitative estimate of drug-likeness (QED) is 0.881. The second kappa shape index (κ2) is 7.24. The van der Waals surface area contributed by atoms with Gasteiger partial charge in [-0.15, -0.1) is 23.7 Å². The van der Waals surface area contributed by atoms with Crippen molar-refractivity contribution in [2.24, 2.45) is 11.7 Å². The normalized spacial score (nSPS) is 23.9. The second-order valence-corrected chi connectivity index (χ2v) is 8.22. The third kappa shape index (κ3) is 4.31. The van der Waals surface area contributed by atoms with E-state index < -0.39 is 10.0 Å². The molecule has 19 heavy (non-hydrogen) atoms. The van der Waals surface area contributed by atoms with Gasteiger partial charge < -0.3 is 5.73 Å². The number of rotatable bonds is 4. The summed E-state index contributed by atoms with van der Waals surface area (Å²) in [4.78, 5) is 0. The van der Waals surface area contributed by atoms with Crippen LogP contribution >= 0.6 is 35.3 Å². The van der Waals surface area contributed by atoms with E-state index in [0.29, 0.717) is 10.9 Å². The predicted molar refractivity (Wildman–Crippen MR) is 81.7 cm³/mol. The van der Waals surface area contributed by atoms with Crippen LogP contribution in [0.4, 0.5) is 0 Å². The van der Waals surface area contributed by atoms with Crippen LogP contribution in [-0.4, -0.2) is 21.0 Å². The first-order chi connectivity index (χ1) is 8.53. The van der Waals surface area contributed by atoms with E-state index in [9.17, 15) is 8.42 Å². The van der Waals surface area contributed by atoms with E-state index in [4.69, 9.17) is 17.3 Å². The van der Waals surface area contributed by atoms with Gasteiger partial charge in [0.15, 0.2) is 0 Å². The zero-order chi connectivity index (χ0) is 13.2. The molecule has 1 fully saturated rings. The van der Waals surface area contributed by atoms with E-state index in [1.54, 1.807) is 6.07 Å². The maximum Gasteiger partial charge on any atom is 0.250 e. The molecule has 1 aromatic heterocycles. The molecule has 8 heteroatoms. The van der Waals surface area contributed by atoms with Crippen LogP contribution in [0.25, 0.3) is 0 Å². The van der Waals surface area contributed by atoms with Gasteiger partial charge in [0, 0.05) is 6.04 Å². The van der Waals surface area contributed by atoms with Crippen molar-refractivity contribution in [3.63, 3.8) is 0 Å². The van der Waals surface area contributed by atoms with Crippen molar-refractivity contribution >= 4 is 45.4 Å². The third-order valence-electron chi connectivity index (χ3n) is 3.33. The molecule has 0 amide bonds. The summed E-state index contributed by atoms with van der Waals surface area (Å²) in [6.45, 7) is 0.526. The molecule has 1 aliphatic carbocycles. The van der Waals surface area contributed by atoms with Gasteiger partial charge in [0.1, 0.15) is 4.21 Å². The minimum atomic E-state index is -3.45.